The van der Waals surface area contributed by atoms with E-state index in [2.05, 4.69) is 31.6 Å². The number of nitrogens with zero attached hydrogens (tertiary/aromatic N) is 3. The molecule has 0 aliphatic heterocycles. The minimum absolute atomic E-state index is 0.205. The SMILES string of the molecule is CC(C)=CCNc1nc(Cl)nc2[nH]ncc12. The van der Waals surface area contributed by atoms with Crippen LogP contribution in [0.4, 0.5) is 5.82 Å². The van der Waals surface area contributed by atoms with Gasteiger partial charge in [-0.2, -0.15) is 15.1 Å². The summed E-state index contributed by atoms with van der Waals surface area (Å²) < 4.78 is 0. The van der Waals surface area contributed by atoms with E-state index in [1.807, 2.05) is 13.8 Å². The molecule has 2 heterocycles. The molecule has 0 fully saturated rings. The van der Waals surface area contributed by atoms with Crippen molar-refractivity contribution in [3.05, 3.63) is 23.1 Å². The topological polar surface area (TPSA) is 66.5 Å². The lowest BCUT2D eigenvalue weighted by Crippen LogP contribution is -2.02. The summed E-state index contributed by atoms with van der Waals surface area (Å²) in [5.41, 5.74) is 1.88. The summed E-state index contributed by atoms with van der Waals surface area (Å²) in [6.07, 6.45) is 3.75. The first-order valence-electron chi connectivity index (χ1n) is 4.90. The molecule has 84 valence electrons. The fourth-order valence-electron chi connectivity index (χ4n) is 1.29. The van der Waals surface area contributed by atoms with E-state index >= 15 is 0 Å². The number of hydrogen-bond acceptors (Lipinski definition) is 4. The van der Waals surface area contributed by atoms with Gasteiger partial charge < -0.3 is 5.32 Å². The Bertz CT molecular complexity index is 527. The zero-order valence-electron chi connectivity index (χ0n) is 9.08. The van der Waals surface area contributed by atoms with Crippen LogP contribution in [-0.4, -0.2) is 26.7 Å². The Hall–Kier alpha value is -1.62. The number of allylic oxidation sites excluding steroid dienone is 1. The van der Waals surface area contributed by atoms with Gasteiger partial charge in [0.1, 0.15) is 5.82 Å². The summed E-state index contributed by atoms with van der Waals surface area (Å²) in [5.74, 6) is 0.696. The van der Waals surface area contributed by atoms with Crippen LogP contribution >= 0.6 is 11.6 Å². The lowest BCUT2D eigenvalue weighted by atomic mass is 10.3. The molecule has 0 bridgehead atoms. The summed E-state index contributed by atoms with van der Waals surface area (Å²) >= 11 is 5.80. The van der Waals surface area contributed by atoms with E-state index in [1.54, 1.807) is 6.20 Å². The normalized spacial score (nSPS) is 10.4. The van der Waals surface area contributed by atoms with Crippen LogP contribution < -0.4 is 5.32 Å². The Morgan fingerprint density at radius 1 is 1.50 bits per heavy atom. The van der Waals surface area contributed by atoms with Crippen LogP contribution in [0.15, 0.2) is 17.8 Å². The third-order valence-electron chi connectivity index (χ3n) is 2.06. The predicted molar refractivity (Wildman–Crippen MR) is 64.6 cm³/mol. The summed E-state index contributed by atoms with van der Waals surface area (Å²) in [6, 6.07) is 0. The average molecular weight is 238 g/mol. The summed E-state index contributed by atoms with van der Waals surface area (Å²) in [7, 11) is 0. The number of hydrogen-bond donors (Lipinski definition) is 2. The standard InChI is InChI=1S/C10H12ClN5/c1-6(2)3-4-12-8-7-5-13-16-9(7)15-10(11)14-8/h3,5H,4H2,1-2H3,(H2,12,13,14,15,16). The molecule has 2 rings (SSSR count). The molecule has 0 aromatic carbocycles. The summed E-state index contributed by atoms with van der Waals surface area (Å²) in [6.45, 7) is 4.79. The highest BCUT2D eigenvalue weighted by Gasteiger charge is 2.06. The lowest BCUT2D eigenvalue weighted by Gasteiger charge is -2.03. The monoisotopic (exact) mass is 237 g/mol. The molecule has 5 nitrogen and oxygen atoms in total. The number of nitrogens with one attached hydrogen (secondary N) is 2. The van der Waals surface area contributed by atoms with E-state index in [9.17, 15) is 0 Å². The number of aromatic amines is 1. The first kappa shape index (κ1) is 10.9. The maximum atomic E-state index is 5.80. The molecule has 0 atom stereocenters. The maximum absolute atomic E-state index is 5.80. The quantitative estimate of drug-likeness (QED) is 0.635. The zero-order valence-corrected chi connectivity index (χ0v) is 9.84. The second-order valence-corrected chi connectivity index (χ2v) is 3.97. The minimum Gasteiger partial charge on any atom is -0.366 e. The van der Waals surface area contributed by atoms with Crippen LogP contribution in [0.1, 0.15) is 13.8 Å². The largest absolute Gasteiger partial charge is 0.366 e. The van der Waals surface area contributed by atoms with Crippen molar-refractivity contribution >= 4 is 28.5 Å². The number of aromatic nitrogens is 4. The van der Waals surface area contributed by atoms with E-state index in [1.165, 1.54) is 5.57 Å². The van der Waals surface area contributed by atoms with Crippen molar-refractivity contribution in [2.75, 3.05) is 11.9 Å². The average Bonchev–Trinajstić information content (AvgIpc) is 2.64. The molecule has 2 aromatic rings. The highest BCUT2D eigenvalue weighted by atomic mass is 35.5. The van der Waals surface area contributed by atoms with Crippen molar-refractivity contribution < 1.29 is 0 Å². The molecule has 0 saturated heterocycles. The first-order valence-corrected chi connectivity index (χ1v) is 5.28. The van der Waals surface area contributed by atoms with E-state index in [-0.39, 0.29) is 5.28 Å². The van der Waals surface area contributed by atoms with Crippen molar-refractivity contribution in [2.24, 2.45) is 0 Å². The van der Waals surface area contributed by atoms with Gasteiger partial charge in [0, 0.05) is 6.54 Å². The summed E-state index contributed by atoms with van der Waals surface area (Å²) in [5, 5.41) is 10.9. The van der Waals surface area contributed by atoms with Gasteiger partial charge in [0.05, 0.1) is 11.6 Å². The fraction of sp³-hybridized carbons (Fsp3) is 0.300. The van der Waals surface area contributed by atoms with Crippen LogP contribution in [0.25, 0.3) is 11.0 Å². The van der Waals surface area contributed by atoms with Gasteiger partial charge in [0.2, 0.25) is 5.28 Å². The maximum Gasteiger partial charge on any atom is 0.226 e. The van der Waals surface area contributed by atoms with E-state index in [4.69, 9.17) is 11.6 Å². The van der Waals surface area contributed by atoms with Crippen molar-refractivity contribution in [3.63, 3.8) is 0 Å². The highest BCUT2D eigenvalue weighted by molar-refractivity contribution is 6.28. The van der Waals surface area contributed by atoms with Gasteiger partial charge in [-0.1, -0.05) is 11.6 Å². The second kappa shape index (κ2) is 4.49. The van der Waals surface area contributed by atoms with Crippen LogP contribution in [0.3, 0.4) is 0 Å². The Kier molecular flexibility index (Phi) is 3.05. The van der Waals surface area contributed by atoms with Gasteiger partial charge in [-0.15, -0.1) is 0 Å². The minimum atomic E-state index is 0.205. The molecule has 0 aliphatic rings. The van der Waals surface area contributed by atoms with Gasteiger partial charge in [0.15, 0.2) is 5.65 Å². The molecular formula is C10H12ClN5. The zero-order chi connectivity index (χ0) is 11.5. The Balaban J connectivity index is 2.28. The number of rotatable bonds is 3. The Morgan fingerprint density at radius 2 is 2.31 bits per heavy atom. The van der Waals surface area contributed by atoms with Crippen molar-refractivity contribution in [1.82, 2.24) is 20.2 Å². The molecule has 0 spiro atoms. The van der Waals surface area contributed by atoms with Gasteiger partial charge in [-0.25, -0.2) is 0 Å². The molecule has 0 amide bonds. The van der Waals surface area contributed by atoms with E-state index in [0.717, 1.165) is 5.39 Å². The first-order chi connectivity index (χ1) is 7.66. The molecular weight excluding hydrogens is 226 g/mol. The third-order valence-corrected chi connectivity index (χ3v) is 2.23. The number of H-pyrrole nitrogens is 1. The molecule has 0 unspecified atom stereocenters. The molecule has 6 heteroatoms. The van der Waals surface area contributed by atoms with Crippen LogP contribution in [-0.2, 0) is 0 Å². The molecule has 16 heavy (non-hydrogen) atoms. The van der Waals surface area contributed by atoms with Crippen LogP contribution in [0, 0.1) is 0 Å². The summed E-state index contributed by atoms with van der Waals surface area (Å²) in [4.78, 5) is 8.14. The Labute approximate surface area is 97.9 Å². The molecule has 2 N–H and O–H groups in total. The Morgan fingerprint density at radius 3 is 3.06 bits per heavy atom. The van der Waals surface area contributed by atoms with Crippen molar-refractivity contribution in [1.29, 1.82) is 0 Å². The third kappa shape index (κ3) is 2.30. The molecule has 0 saturated carbocycles. The van der Waals surface area contributed by atoms with E-state index in [0.29, 0.717) is 18.0 Å². The fourth-order valence-corrected chi connectivity index (χ4v) is 1.46. The van der Waals surface area contributed by atoms with E-state index < -0.39 is 0 Å². The lowest BCUT2D eigenvalue weighted by molar-refractivity contribution is 1.09. The molecule has 2 aromatic heterocycles. The number of fused-ring (bicyclic) bond motifs is 1. The van der Waals surface area contributed by atoms with Gasteiger partial charge in [-0.3, -0.25) is 5.10 Å². The number of anilines is 1. The van der Waals surface area contributed by atoms with Crippen molar-refractivity contribution in [3.8, 4) is 0 Å². The van der Waals surface area contributed by atoms with Crippen molar-refractivity contribution in [2.45, 2.75) is 13.8 Å². The second-order valence-electron chi connectivity index (χ2n) is 3.64. The van der Waals surface area contributed by atoms with Crippen LogP contribution in [0.2, 0.25) is 5.28 Å². The molecule has 0 aliphatic carbocycles. The highest BCUT2D eigenvalue weighted by Crippen LogP contribution is 2.19. The smallest absolute Gasteiger partial charge is 0.226 e. The van der Waals surface area contributed by atoms with Crippen LogP contribution in [0.5, 0.6) is 0 Å². The molecule has 0 radical (unpaired) electrons. The van der Waals surface area contributed by atoms with Gasteiger partial charge in [0.25, 0.3) is 0 Å². The predicted octanol–water partition coefficient (Wildman–Crippen LogP) is 2.38. The van der Waals surface area contributed by atoms with Gasteiger partial charge in [-0.05, 0) is 25.4 Å². The van der Waals surface area contributed by atoms with Gasteiger partial charge >= 0.3 is 0 Å². The number of halogens is 1.